The van der Waals surface area contributed by atoms with Crippen LogP contribution in [0.2, 0.25) is 0 Å². The first-order chi connectivity index (χ1) is 7.58. The van der Waals surface area contributed by atoms with E-state index in [4.69, 9.17) is 16.2 Å². The van der Waals surface area contributed by atoms with E-state index in [1.54, 1.807) is 0 Å². The SMILES string of the molecule is NC(=O)c1ccc(OC2CC2)c(C(N)=O)n1. The number of carbonyl (C=O) groups is 2. The highest BCUT2D eigenvalue weighted by atomic mass is 16.5. The Bertz CT molecular complexity index is 455. The van der Waals surface area contributed by atoms with Crippen LogP contribution < -0.4 is 16.2 Å². The first kappa shape index (κ1) is 10.4. The third-order valence-corrected chi connectivity index (χ3v) is 2.16. The average Bonchev–Trinajstić information content (AvgIpc) is 3.01. The fourth-order valence-corrected chi connectivity index (χ4v) is 1.22. The van der Waals surface area contributed by atoms with E-state index in [1.165, 1.54) is 12.1 Å². The molecule has 2 amide bonds. The van der Waals surface area contributed by atoms with Crippen molar-refractivity contribution < 1.29 is 14.3 Å². The molecule has 1 saturated carbocycles. The second kappa shape index (κ2) is 3.80. The van der Waals surface area contributed by atoms with E-state index in [-0.39, 0.29) is 17.5 Å². The van der Waals surface area contributed by atoms with Gasteiger partial charge in [-0.05, 0) is 25.0 Å². The summed E-state index contributed by atoms with van der Waals surface area (Å²) in [4.78, 5) is 25.8. The highest BCUT2D eigenvalue weighted by Gasteiger charge is 2.26. The molecule has 6 nitrogen and oxygen atoms in total. The Morgan fingerprint density at radius 2 is 1.94 bits per heavy atom. The molecule has 0 aliphatic heterocycles. The Morgan fingerprint density at radius 3 is 2.44 bits per heavy atom. The van der Waals surface area contributed by atoms with Crippen LogP contribution in [-0.4, -0.2) is 22.9 Å². The second-order valence-electron chi connectivity index (χ2n) is 3.59. The van der Waals surface area contributed by atoms with Crippen LogP contribution in [-0.2, 0) is 0 Å². The molecule has 6 heteroatoms. The zero-order valence-electron chi connectivity index (χ0n) is 8.47. The van der Waals surface area contributed by atoms with Gasteiger partial charge in [-0.2, -0.15) is 0 Å². The summed E-state index contributed by atoms with van der Waals surface area (Å²) >= 11 is 0. The van der Waals surface area contributed by atoms with E-state index >= 15 is 0 Å². The molecule has 0 unspecified atom stereocenters. The summed E-state index contributed by atoms with van der Waals surface area (Å²) in [5, 5.41) is 0. The standard InChI is InChI=1S/C10H11N3O3/c11-9(14)6-3-4-7(16-5-1-2-5)8(13-6)10(12)15/h3-5H,1-2H2,(H2,11,14)(H2,12,15). The molecule has 1 fully saturated rings. The van der Waals surface area contributed by atoms with Gasteiger partial charge in [-0.3, -0.25) is 9.59 Å². The van der Waals surface area contributed by atoms with Gasteiger partial charge in [-0.25, -0.2) is 4.98 Å². The van der Waals surface area contributed by atoms with Crippen molar-refractivity contribution in [3.8, 4) is 5.75 Å². The zero-order valence-corrected chi connectivity index (χ0v) is 8.47. The molecule has 1 aromatic rings. The molecule has 0 bridgehead atoms. The maximum Gasteiger partial charge on any atom is 0.271 e. The third-order valence-electron chi connectivity index (χ3n) is 2.16. The minimum absolute atomic E-state index is 0.00283. The van der Waals surface area contributed by atoms with E-state index < -0.39 is 11.8 Å². The Morgan fingerprint density at radius 1 is 1.25 bits per heavy atom. The van der Waals surface area contributed by atoms with Gasteiger partial charge >= 0.3 is 0 Å². The summed E-state index contributed by atoms with van der Waals surface area (Å²) in [5.74, 6) is -1.14. The van der Waals surface area contributed by atoms with Crippen LogP contribution in [0.4, 0.5) is 0 Å². The van der Waals surface area contributed by atoms with E-state index in [1.807, 2.05) is 0 Å². The Kier molecular flexibility index (Phi) is 2.47. The largest absolute Gasteiger partial charge is 0.488 e. The second-order valence-corrected chi connectivity index (χ2v) is 3.59. The molecule has 16 heavy (non-hydrogen) atoms. The highest BCUT2D eigenvalue weighted by molar-refractivity contribution is 5.96. The van der Waals surface area contributed by atoms with Gasteiger partial charge in [0.05, 0.1) is 6.10 Å². The molecule has 1 heterocycles. The first-order valence-corrected chi connectivity index (χ1v) is 4.85. The number of primary amides is 2. The third kappa shape index (κ3) is 2.10. The normalized spacial score (nSPS) is 14.5. The quantitative estimate of drug-likeness (QED) is 0.735. The number of carbonyl (C=O) groups excluding carboxylic acids is 2. The van der Waals surface area contributed by atoms with Crippen LogP contribution in [0.1, 0.15) is 33.8 Å². The van der Waals surface area contributed by atoms with Crippen molar-refractivity contribution in [3.05, 3.63) is 23.5 Å². The van der Waals surface area contributed by atoms with Gasteiger partial charge in [-0.15, -0.1) is 0 Å². The zero-order chi connectivity index (χ0) is 11.7. The summed E-state index contributed by atoms with van der Waals surface area (Å²) in [7, 11) is 0. The summed E-state index contributed by atoms with van der Waals surface area (Å²) in [6, 6.07) is 2.90. The predicted molar refractivity (Wildman–Crippen MR) is 54.9 cm³/mol. The number of aromatic nitrogens is 1. The monoisotopic (exact) mass is 221 g/mol. The number of rotatable bonds is 4. The molecular formula is C10H11N3O3. The molecule has 1 aromatic heterocycles. The van der Waals surface area contributed by atoms with Crippen molar-refractivity contribution in [2.75, 3.05) is 0 Å². The minimum Gasteiger partial charge on any atom is -0.488 e. The Balaban J connectivity index is 2.35. The predicted octanol–water partition coefficient (Wildman–Crippen LogP) is -0.179. The van der Waals surface area contributed by atoms with Crippen LogP contribution in [0, 0.1) is 0 Å². The fraction of sp³-hybridized carbons (Fsp3) is 0.300. The van der Waals surface area contributed by atoms with Crippen molar-refractivity contribution in [1.29, 1.82) is 0 Å². The molecule has 2 rings (SSSR count). The molecule has 0 atom stereocenters. The summed E-state index contributed by atoms with van der Waals surface area (Å²) in [6.07, 6.45) is 2.03. The van der Waals surface area contributed by atoms with E-state index in [0.29, 0.717) is 5.75 Å². The van der Waals surface area contributed by atoms with Crippen LogP contribution in [0.3, 0.4) is 0 Å². The molecule has 0 spiro atoms. The summed E-state index contributed by atoms with van der Waals surface area (Å²) in [5.41, 5.74) is 10.1. The smallest absolute Gasteiger partial charge is 0.271 e. The molecule has 0 aromatic carbocycles. The number of nitrogens with zero attached hydrogens (tertiary/aromatic N) is 1. The van der Waals surface area contributed by atoms with Gasteiger partial charge in [0.1, 0.15) is 5.69 Å². The first-order valence-electron chi connectivity index (χ1n) is 4.85. The van der Waals surface area contributed by atoms with Gasteiger partial charge in [0, 0.05) is 0 Å². The number of amides is 2. The lowest BCUT2D eigenvalue weighted by atomic mass is 10.2. The fourth-order valence-electron chi connectivity index (χ4n) is 1.22. The van der Waals surface area contributed by atoms with E-state index in [2.05, 4.69) is 4.98 Å². The van der Waals surface area contributed by atoms with Crippen molar-refractivity contribution in [3.63, 3.8) is 0 Å². The Hall–Kier alpha value is -2.11. The minimum atomic E-state index is -0.737. The number of hydrogen-bond donors (Lipinski definition) is 2. The van der Waals surface area contributed by atoms with Crippen molar-refractivity contribution >= 4 is 11.8 Å². The molecule has 1 aliphatic rings. The topological polar surface area (TPSA) is 108 Å². The van der Waals surface area contributed by atoms with Crippen LogP contribution in [0.5, 0.6) is 5.75 Å². The lowest BCUT2D eigenvalue weighted by Crippen LogP contribution is -2.20. The Labute approximate surface area is 91.6 Å². The van der Waals surface area contributed by atoms with Gasteiger partial charge in [0.15, 0.2) is 11.4 Å². The van der Waals surface area contributed by atoms with E-state index in [9.17, 15) is 9.59 Å². The molecular weight excluding hydrogens is 210 g/mol. The number of ether oxygens (including phenoxy) is 1. The van der Waals surface area contributed by atoms with Crippen LogP contribution >= 0.6 is 0 Å². The van der Waals surface area contributed by atoms with Gasteiger partial charge in [-0.1, -0.05) is 0 Å². The van der Waals surface area contributed by atoms with E-state index in [0.717, 1.165) is 12.8 Å². The van der Waals surface area contributed by atoms with Crippen LogP contribution in [0.25, 0.3) is 0 Å². The average molecular weight is 221 g/mol. The van der Waals surface area contributed by atoms with Crippen molar-refractivity contribution in [2.45, 2.75) is 18.9 Å². The van der Waals surface area contributed by atoms with Crippen molar-refractivity contribution in [1.82, 2.24) is 4.98 Å². The van der Waals surface area contributed by atoms with Crippen LogP contribution in [0.15, 0.2) is 12.1 Å². The number of nitrogens with two attached hydrogens (primary N) is 2. The number of pyridine rings is 1. The van der Waals surface area contributed by atoms with Gasteiger partial charge < -0.3 is 16.2 Å². The highest BCUT2D eigenvalue weighted by Crippen LogP contribution is 2.28. The lowest BCUT2D eigenvalue weighted by Gasteiger charge is -2.08. The van der Waals surface area contributed by atoms with Crippen molar-refractivity contribution in [2.24, 2.45) is 11.5 Å². The number of hydrogen-bond acceptors (Lipinski definition) is 4. The summed E-state index contributed by atoms with van der Waals surface area (Å²) < 4.78 is 5.44. The summed E-state index contributed by atoms with van der Waals surface area (Å²) in [6.45, 7) is 0. The van der Waals surface area contributed by atoms with Gasteiger partial charge in [0.2, 0.25) is 0 Å². The molecule has 1 aliphatic carbocycles. The molecule has 0 radical (unpaired) electrons. The van der Waals surface area contributed by atoms with Gasteiger partial charge in [0.25, 0.3) is 11.8 Å². The maximum absolute atomic E-state index is 11.1. The maximum atomic E-state index is 11.1. The molecule has 0 saturated heterocycles. The molecule has 84 valence electrons. The lowest BCUT2D eigenvalue weighted by molar-refractivity contribution is 0.0988. The molecule has 4 N–H and O–H groups in total.